The molecule has 1 fully saturated rings. The van der Waals surface area contributed by atoms with Gasteiger partial charge in [-0.1, -0.05) is 13.0 Å². The van der Waals surface area contributed by atoms with E-state index in [9.17, 15) is 9.90 Å². The maximum Gasteiger partial charge on any atom is 0.303 e. The summed E-state index contributed by atoms with van der Waals surface area (Å²) in [5, 5.41) is 12.8. The van der Waals surface area contributed by atoms with Gasteiger partial charge in [0.2, 0.25) is 0 Å². The fourth-order valence-electron chi connectivity index (χ4n) is 4.10. The van der Waals surface area contributed by atoms with Crippen molar-refractivity contribution >= 4 is 23.0 Å². The van der Waals surface area contributed by atoms with Gasteiger partial charge in [-0.2, -0.15) is 0 Å². The van der Waals surface area contributed by atoms with Crippen LogP contribution in [0.5, 0.6) is 0 Å². The Morgan fingerprint density at radius 2 is 1.97 bits per heavy atom. The number of nitrogens with zero attached hydrogens (tertiary/aromatic N) is 3. The fourth-order valence-corrected chi connectivity index (χ4v) is 4.10. The topological polar surface area (TPSA) is 87.6 Å². The van der Waals surface area contributed by atoms with E-state index in [4.69, 9.17) is 4.74 Å². The number of anilines is 3. The van der Waals surface area contributed by atoms with Crippen molar-refractivity contribution < 1.29 is 14.6 Å². The predicted octanol–water partition coefficient (Wildman–Crippen LogP) is 4.50. The third-order valence-electron chi connectivity index (χ3n) is 5.75. The third kappa shape index (κ3) is 5.48. The first-order chi connectivity index (χ1) is 14.5. The number of carboxylic acid groups (broad SMARTS) is 1. The van der Waals surface area contributed by atoms with E-state index in [1.165, 1.54) is 0 Å². The third-order valence-corrected chi connectivity index (χ3v) is 5.75. The molecule has 1 saturated heterocycles. The Hall–Kier alpha value is -2.67. The number of aromatic nitrogens is 2. The number of carboxylic acids is 1. The van der Waals surface area contributed by atoms with Crippen molar-refractivity contribution in [2.45, 2.75) is 58.4 Å². The number of nitrogens with one attached hydrogen (secondary N) is 1. The van der Waals surface area contributed by atoms with Gasteiger partial charge in [-0.25, -0.2) is 9.97 Å². The van der Waals surface area contributed by atoms with Crippen molar-refractivity contribution in [2.75, 3.05) is 30.0 Å². The van der Waals surface area contributed by atoms with Crippen LogP contribution in [-0.4, -0.2) is 46.8 Å². The molecule has 2 heterocycles. The van der Waals surface area contributed by atoms with Crippen LogP contribution >= 0.6 is 0 Å². The average molecular weight is 413 g/mol. The Balaban J connectivity index is 1.98. The van der Waals surface area contributed by atoms with Crippen molar-refractivity contribution in [3.63, 3.8) is 0 Å². The first-order valence-corrected chi connectivity index (χ1v) is 10.8. The number of aliphatic carboxylic acids is 1. The molecule has 0 amide bonds. The lowest BCUT2D eigenvalue weighted by Gasteiger charge is -2.36. The zero-order valence-corrected chi connectivity index (χ0v) is 18.1. The quantitative estimate of drug-likeness (QED) is 0.627. The second kappa shape index (κ2) is 10.4. The van der Waals surface area contributed by atoms with Crippen LogP contribution in [0.3, 0.4) is 0 Å². The molecule has 0 radical (unpaired) electrons. The molecule has 0 saturated carbocycles. The molecule has 0 aliphatic carbocycles. The maximum atomic E-state index is 11.3. The van der Waals surface area contributed by atoms with Gasteiger partial charge in [0.25, 0.3) is 0 Å². The van der Waals surface area contributed by atoms with E-state index in [0.29, 0.717) is 6.04 Å². The van der Waals surface area contributed by atoms with E-state index < -0.39 is 5.97 Å². The Labute approximate surface area is 178 Å². The summed E-state index contributed by atoms with van der Waals surface area (Å²) in [5.74, 6) is -0.0753. The van der Waals surface area contributed by atoms with Gasteiger partial charge in [-0.3, -0.25) is 4.79 Å². The predicted molar refractivity (Wildman–Crippen MR) is 119 cm³/mol. The summed E-state index contributed by atoms with van der Waals surface area (Å²) in [5.41, 5.74) is 3.91. The zero-order valence-electron chi connectivity index (χ0n) is 18.1. The van der Waals surface area contributed by atoms with E-state index >= 15 is 0 Å². The summed E-state index contributed by atoms with van der Waals surface area (Å²) in [6.07, 6.45) is 6.45. The maximum absolute atomic E-state index is 11.3. The standard InChI is InChI=1S/C23H32N4O3/c1-4-17(13-23(28)29)18-6-7-22(27(5-2)20-8-10-30-11-9-20)21(12-18)26-19-14-24-16(3)25-15-19/h6-7,12,14-15,17,20,26H,4-5,8-11,13H2,1-3H3,(H,28,29)/t17-/m0/s1. The molecule has 1 aromatic heterocycles. The molecule has 7 heteroatoms. The summed E-state index contributed by atoms with van der Waals surface area (Å²) in [6.45, 7) is 8.51. The molecule has 0 bridgehead atoms. The molecule has 1 aliphatic rings. The molecule has 0 spiro atoms. The minimum Gasteiger partial charge on any atom is -0.481 e. The second-order valence-corrected chi connectivity index (χ2v) is 7.75. The van der Waals surface area contributed by atoms with E-state index in [-0.39, 0.29) is 12.3 Å². The van der Waals surface area contributed by atoms with Crippen molar-refractivity contribution in [3.8, 4) is 0 Å². The lowest BCUT2D eigenvalue weighted by molar-refractivity contribution is -0.137. The van der Waals surface area contributed by atoms with E-state index in [1.54, 1.807) is 12.4 Å². The lowest BCUT2D eigenvalue weighted by Crippen LogP contribution is -2.39. The summed E-state index contributed by atoms with van der Waals surface area (Å²) < 4.78 is 5.55. The van der Waals surface area contributed by atoms with E-state index in [0.717, 1.165) is 67.5 Å². The lowest BCUT2D eigenvalue weighted by atomic mass is 9.92. The van der Waals surface area contributed by atoms with Crippen molar-refractivity contribution in [2.24, 2.45) is 0 Å². The van der Waals surface area contributed by atoms with Gasteiger partial charge in [0.1, 0.15) is 5.82 Å². The molecule has 1 aromatic carbocycles. The molecule has 30 heavy (non-hydrogen) atoms. The van der Waals surface area contributed by atoms with Gasteiger partial charge < -0.3 is 20.1 Å². The Bertz CT molecular complexity index is 835. The van der Waals surface area contributed by atoms with Crippen LogP contribution in [0, 0.1) is 6.92 Å². The van der Waals surface area contributed by atoms with E-state index in [1.807, 2.05) is 13.8 Å². The summed E-state index contributed by atoms with van der Waals surface area (Å²) in [4.78, 5) is 22.3. The van der Waals surface area contributed by atoms with Crippen LogP contribution in [0.4, 0.5) is 17.1 Å². The van der Waals surface area contributed by atoms with Crippen LogP contribution in [0.1, 0.15) is 56.8 Å². The number of aryl methyl sites for hydroxylation is 1. The highest BCUT2D eigenvalue weighted by atomic mass is 16.5. The largest absolute Gasteiger partial charge is 0.481 e. The Morgan fingerprint density at radius 1 is 1.27 bits per heavy atom. The first kappa shape index (κ1) is 22.0. The monoisotopic (exact) mass is 412 g/mol. The van der Waals surface area contributed by atoms with Gasteiger partial charge in [0, 0.05) is 25.8 Å². The Kier molecular flexibility index (Phi) is 7.63. The van der Waals surface area contributed by atoms with Gasteiger partial charge in [-0.05, 0) is 56.7 Å². The fraction of sp³-hybridized carbons (Fsp3) is 0.522. The number of hydrogen-bond donors (Lipinski definition) is 2. The normalized spacial score (nSPS) is 15.6. The molecular weight excluding hydrogens is 380 g/mol. The van der Waals surface area contributed by atoms with Crippen LogP contribution in [-0.2, 0) is 9.53 Å². The molecule has 1 aliphatic heterocycles. The van der Waals surface area contributed by atoms with Gasteiger partial charge >= 0.3 is 5.97 Å². The molecule has 2 aromatic rings. The summed E-state index contributed by atoms with van der Waals surface area (Å²) in [7, 11) is 0. The van der Waals surface area contributed by atoms with Crippen molar-refractivity contribution in [1.82, 2.24) is 9.97 Å². The van der Waals surface area contributed by atoms with Crippen LogP contribution in [0.25, 0.3) is 0 Å². The minimum atomic E-state index is -0.773. The number of ether oxygens (including phenoxy) is 1. The number of benzene rings is 1. The number of hydrogen-bond acceptors (Lipinski definition) is 6. The van der Waals surface area contributed by atoms with Crippen LogP contribution < -0.4 is 10.2 Å². The van der Waals surface area contributed by atoms with Crippen LogP contribution in [0.15, 0.2) is 30.6 Å². The molecular formula is C23H32N4O3. The highest BCUT2D eigenvalue weighted by molar-refractivity contribution is 5.76. The first-order valence-electron chi connectivity index (χ1n) is 10.8. The zero-order chi connectivity index (χ0) is 21.5. The molecule has 7 nitrogen and oxygen atoms in total. The Morgan fingerprint density at radius 3 is 2.57 bits per heavy atom. The van der Waals surface area contributed by atoms with Gasteiger partial charge in [0.05, 0.1) is 35.9 Å². The molecule has 162 valence electrons. The smallest absolute Gasteiger partial charge is 0.303 e. The SMILES string of the molecule is CC[C@@H](CC(=O)O)c1ccc(N(CC)C2CCOCC2)c(Nc2cnc(C)nc2)c1. The highest BCUT2D eigenvalue weighted by Crippen LogP contribution is 2.36. The molecule has 0 unspecified atom stereocenters. The van der Waals surface area contributed by atoms with E-state index in [2.05, 4.69) is 45.3 Å². The summed E-state index contributed by atoms with van der Waals surface area (Å²) >= 11 is 0. The van der Waals surface area contributed by atoms with Crippen molar-refractivity contribution in [3.05, 3.63) is 42.0 Å². The summed E-state index contributed by atoms with van der Waals surface area (Å²) in [6, 6.07) is 6.71. The number of carbonyl (C=O) groups is 1. The number of rotatable bonds is 9. The van der Waals surface area contributed by atoms with Gasteiger partial charge in [-0.15, -0.1) is 0 Å². The minimum absolute atomic E-state index is 0.0236. The average Bonchev–Trinajstić information content (AvgIpc) is 2.76. The molecule has 1 atom stereocenters. The highest BCUT2D eigenvalue weighted by Gasteiger charge is 2.24. The van der Waals surface area contributed by atoms with Gasteiger partial charge in [0.15, 0.2) is 0 Å². The van der Waals surface area contributed by atoms with Crippen molar-refractivity contribution in [1.29, 1.82) is 0 Å². The molecule has 2 N–H and O–H groups in total. The second-order valence-electron chi connectivity index (χ2n) is 7.75. The van der Waals surface area contributed by atoms with Crippen LogP contribution in [0.2, 0.25) is 0 Å². The molecule has 3 rings (SSSR count).